The minimum Gasteiger partial charge on any atom is -0.390 e. The molecule has 1 amide bonds. The molecule has 4 nitrogen and oxygen atoms in total. The lowest BCUT2D eigenvalue weighted by molar-refractivity contribution is -0.0673. The zero-order chi connectivity index (χ0) is 20.2. The quantitative estimate of drug-likeness (QED) is 0.738. The highest BCUT2D eigenvalue weighted by molar-refractivity contribution is 5.93. The topological polar surface area (TPSA) is 66.3 Å². The summed E-state index contributed by atoms with van der Waals surface area (Å²) in [4.78, 5) is 14.2. The van der Waals surface area contributed by atoms with Crippen molar-refractivity contribution in [3.8, 4) is 0 Å². The summed E-state index contributed by atoms with van der Waals surface area (Å²) >= 11 is 0. The van der Waals surface area contributed by atoms with Crippen molar-refractivity contribution >= 4 is 5.91 Å². The highest BCUT2D eigenvalue weighted by Gasteiger charge is 2.66. The Morgan fingerprint density at radius 1 is 1.17 bits per heavy atom. The third-order valence-corrected chi connectivity index (χ3v) is 7.76. The number of piperidine rings is 1. The molecule has 2 saturated heterocycles. The van der Waals surface area contributed by atoms with Crippen LogP contribution in [-0.4, -0.2) is 34.1 Å². The Morgan fingerprint density at radius 3 is 2.55 bits per heavy atom. The number of amides is 1. The van der Waals surface area contributed by atoms with E-state index in [0.717, 1.165) is 38.6 Å². The second kappa shape index (κ2) is 6.68. The van der Waals surface area contributed by atoms with Crippen LogP contribution in [0.2, 0.25) is 0 Å². The molecule has 2 heterocycles. The number of primary amides is 1. The molecule has 3 fully saturated rings. The van der Waals surface area contributed by atoms with E-state index in [1.807, 2.05) is 18.2 Å². The van der Waals surface area contributed by atoms with Gasteiger partial charge in [-0.3, -0.25) is 9.69 Å². The summed E-state index contributed by atoms with van der Waals surface area (Å²) in [5.41, 5.74) is 8.21. The van der Waals surface area contributed by atoms with E-state index in [-0.39, 0.29) is 11.4 Å². The fourth-order valence-electron chi connectivity index (χ4n) is 6.35. The summed E-state index contributed by atoms with van der Waals surface area (Å²) < 4.78 is 0. The van der Waals surface area contributed by atoms with Gasteiger partial charge in [-0.1, -0.05) is 49.4 Å². The third kappa shape index (κ3) is 3.01. The maximum absolute atomic E-state index is 11.6. The van der Waals surface area contributed by atoms with Crippen LogP contribution in [0.25, 0.3) is 0 Å². The molecule has 3 N–H and O–H groups in total. The molecule has 0 spiro atoms. The molecular weight excluding hydrogens is 360 g/mol. The van der Waals surface area contributed by atoms with Crippen LogP contribution in [0.1, 0.15) is 66.4 Å². The number of benzene rings is 2. The first-order valence-corrected chi connectivity index (χ1v) is 10.9. The van der Waals surface area contributed by atoms with Crippen molar-refractivity contribution in [3.63, 3.8) is 0 Å². The summed E-state index contributed by atoms with van der Waals surface area (Å²) in [6.07, 6.45) is 4.85. The lowest BCUT2D eigenvalue weighted by Gasteiger charge is -2.45. The van der Waals surface area contributed by atoms with Crippen LogP contribution >= 0.6 is 0 Å². The Balaban J connectivity index is 1.22. The van der Waals surface area contributed by atoms with Gasteiger partial charge < -0.3 is 10.8 Å². The van der Waals surface area contributed by atoms with Gasteiger partial charge in [-0.2, -0.15) is 0 Å². The molecular formula is C25H30N2O2. The van der Waals surface area contributed by atoms with Gasteiger partial charge in [-0.25, -0.2) is 0 Å². The van der Waals surface area contributed by atoms with Crippen LogP contribution in [-0.2, 0) is 5.54 Å². The zero-order valence-corrected chi connectivity index (χ0v) is 17.1. The molecule has 152 valence electrons. The van der Waals surface area contributed by atoms with Crippen LogP contribution in [0.4, 0.5) is 0 Å². The molecule has 0 bridgehead atoms. The van der Waals surface area contributed by atoms with Crippen LogP contribution in [0, 0.1) is 5.92 Å². The highest BCUT2D eigenvalue weighted by Crippen LogP contribution is 2.61. The maximum atomic E-state index is 11.6. The number of carbonyl (C=O) groups excluding carboxylic acids is 1. The Hall–Kier alpha value is -2.17. The second-order valence-electron chi connectivity index (χ2n) is 9.44. The van der Waals surface area contributed by atoms with Gasteiger partial charge in [0.05, 0.1) is 11.1 Å². The van der Waals surface area contributed by atoms with E-state index in [1.54, 1.807) is 6.07 Å². The number of hydrogen-bond acceptors (Lipinski definition) is 3. The minimum atomic E-state index is -0.496. The molecule has 5 rings (SSSR count). The highest BCUT2D eigenvalue weighted by atomic mass is 16.3. The summed E-state index contributed by atoms with van der Waals surface area (Å²) in [6, 6.07) is 18.9. The lowest BCUT2D eigenvalue weighted by atomic mass is 9.64. The van der Waals surface area contributed by atoms with E-state index in [1.165, 1.54) is 11.1 Å². The van der Waals surface area contributed by atoms with Crippen molar-refractivity contribution in [1.82, 2.24) is 4.90 Å². The number of aliphatic hydroxyl groups is 1. The summed E-state index contributed by atoms with van der Waals surface area (Å²) in [5.74, 6) is 0.696. The number of rotatable bonds is 6. The van der Waals surface area contributed by atoms with Crippen molar-refractivity contribution in [3.05, 3.63) is 71.3 Å². The van der Waals surface area contributed by atoms with E-state index in [2.05, 4.69) is 42.2 Å². The average molecular weight is 391 g/mol. The first-order chi connectivity index (χ1) is 13.9. The predicted molar refractivity (Wildman–Crippen MR) is 114 cm³/mol. The summed E-state index contributed by atoms with van der Waals surface area (Å²) in [6.45, 7) is 3.27. The molecule has 3 aliphatic rings. The normalized spacial score (nSPS) is 37.6. The summed E-state index contributed by atoms with van der Waals surface area (Å²) in [7, 11) is 0. The van der Waals surface area contributed by atoms with Crippen LogP contribution < -0.4 is 5.73 Å². The van der Waals surface area contributed by atoms with Crippen LogP contribution in [0.3, 0.4) is 0 Å². The molecule has 0 aromatic heterocycles. The van der Waals surface area contributed by atoms with Gasteiger partial charge in [-0.15, -0.1) is 0 Å². The van der Waals surface area contributed by atoms with Crippen molar-refractivity contribution in [1.29, 1.82) is 0 Å². The van der Waals surface area contributed by atoms with Gasteiger partial charge in [0, 0.05) is 18.2 Å². The number of hydrogen-bond donors (Lipinski definition) is 2. The Bertz CT molecular complexity index is 907. The third-order valence-electron chi connectivity index (χ3n) is 7.76. The number of nitrogens with two attached hydrogens (primary N) is 1. The molecule has 29 heavy (non-hydrogen) atoms. The van der Waals surface area contributed by atoms with Crippen molar-refractivity contribution in [2.45, 2.75) is 62.1 Å². The number of fused-ring (bicyclic) bond motifs is 1. The number of carbonyl (C=O) groups is 1. The van der Waals surface area contributed by atoms with Crippen molar-refractivity contribution in [2.75, 3.05) is 6.54 Å². The monoisotopic (exact) mass is 390 g/mol. The van der Waals surface area contributed by atoms with E-state index in [4.69, 9.17) is 5.73 Å². The van der Waals surface area contributed by atoms with Crippen LogP contribution in [0.15, 0.2) is 54.6 Å². The average Bonchev–Trinajstić information content (AvgIpc) is 3.10. The van der Waals surface area contributed by atoms with E-state index >= 15 is 0 Å². The molecule has 4 heteroatoms. The standard InChI is InChI=1S/C25H30N2O2/c1-2-25(21-10-6-9-19(12-21)23(26)28)22-11-17(16-27(22)25)13-24(29)14-20(15-24)18-7-4-3-5-8-18/h3-10,12,17,20,22,29H,2,11,13-16H2,1H3,(H2,26,28)/t17?,20-,22?,24-,25?,27?. The smallest absolute Gasteiger partial charge is 0.248 e. The Labute approximate surface area is 172 Å². The first-order valence-electron chi connectivity index (χ1n) is 10.9. The maximum Gasteiger partial charge on any atom is 0.248 e. The molecule has 4 unspecified atom stereocenters. The van der Waals surface area contributed by atoms with E-state index in [0.29, 0.717) is 23.4 Å². The molecule has 1 saturated carbocycles. The second-order valence-corrected chi connectivity index (χ2v) is 9.44. The Morgan fingerprint density at radius 2 is 1.93 bits per heavy atom. The Kier molecular flexibility index (Phi) is 4.34. The minimum absolute atomic E-state index is 0.0523. The zero-order valence-electron chi connectivity index (χ0n) is 17.1. The lowest BCUT2D eigenvalue weighted by Crippen LogP contribution is -2.44. The molecule has 4 atom stereocenters. The van der Waals surface area contributed by atoms with Crippen molar-refractivity contribution < 1.29 is 9.90 Å². The first kappa shape index (κ1) is 18.8. The number of nitrogens with zero attached hydrogens (tertiary/aromatic N) is 1. The SMILES string of the molecule is CCC1(c2cccc(C(N)=O)c2)C2CC(C[C@]3(O)C[C@H](c4ccccc4)C3)CN21. The molecule has 2 aliphatic heterocycles. The van der Waals surface area contributed by atoms with Crippen LogP contribution in [0.5, 0.6) is 0 Å². The van der Waals surface area contributed by atoms with Gasteiger partial charge in [0.25, 0.3) is 0 Å². The predicted octanol–water partition coefficient (Wildman–Crippen LogP) is 3.79. The molecule has 0 radical (unpaired) electrons. The van der Waals surface area contributed by atoms with Gasteiger partial charge in [0.2, 0.25) is 5.91 Å². The molecule has 1 aliphatic carbocycles. The molecule has 2 aromatic carbocycles. The van der Waals surface area contributed by atoms with Crippen molar-refractivity contribution in [2.24, 2.45) is 11.7 Å². The van der Waals surface area contributed by atoms with E-state index in [9.17, 15) is 9.90 Å². The van der Waals surface area contributed by atoms with Gasteiger partial charge in [0.1, 0.15) is 0 Å². The summed E-state index contributed by atoms with van der Waals surface area (Å²) in [5, 5.41) is 11.0. The van der Waals surface area contributed by atoms with Gasteiger partial charge >= 0.3 is 0 Å². The van der Waals surface area contributed by atoms with E-state index < -0.39 is 5.60 Å². The van der Waals surface area contributed by atoms with Gasteiger partial charge in [0.15, 0.2) is 0 Å². The van der Waals surface area contributed by atoms with Gasteiger partial charge in [-0.05, 0) is 67.2 Å². The fraction of sp³-hybridized carbons (Fsp3) is 0.480. The largest absolute Gasteiger partial charge is 0.390 e. The molecule has 2 aromatic rings. The fourth-order valence-corrected chi connectivity index (χ4v) is 6.35.